The number of para-hydroxylation sites is 1. The van der Waals surface area contributed by atoms with E-state index in [0.717, 1.165) is 37.6 Å². The van der Waals surface area contributed by atoms with Crippen LogP contribution in [0.5, 0.6) is 0 Å². The summed E-state index contributed by atoms with van der Waals surface area (Å²) in [4.78, 5) is 23.9. The van der Waals surface area contributed by atoms with Gasteiger partial charge in [0.25, 0.3) is 5.91 Å². The summed E-state index contributed by atoms with van der Waals surface area (Å²) in [6.45, 7) is 5.10. The van der Waals surface area contributed by atoms with Crippen molar-refractivity contribution in [1.82, 2.24) is 20.2 Å². The molecule has 7 heteroatoms. The van der Waals surface area contributed by atoms with Crippen molar-refractivity contribution < 1.29 is 9.53 Å². The number of benzene rings is 1. The minimum absolute atomic E-state index is 0.145. The number of anilines is 1. The molecule has 3 heterocycles. The minimum Gasteiger partial charge on any atom is -0.379 e. The molecule has 7 nitrogen and oxygen atoms in total. The van der Waals surface area contributed by atoms with Gasteiger partial charge in [0, 0.05) is 30.5 Å². The molecule has 1 fully saturated rings. The molecule has 4 rings (SSSR count). The number of dihydropyridines is 1. The molecule has 1 saturated heterocycles. The summed E-state index contributed by atoms with van der Waals surface area (Å²) in [5, 5.41) is 6.26. The number of allylic oxidation sites excluding steroid dienone is 2. The van der Waals surface area contributed by atoms with Gasteiger partial charge < -0.3 is 15.4 Å². The zero-order chi connectivity index (χ0) is 19.3. The van der Waals surface area contributed by atoms with Crippen molar-refractivity contribution >= 4 is 17.2 Å². The highest BCUT2D eigenvalue weighted by atomic mass is 16.5. The Balaban J connectivity index is 1.49. The van der Waals surface area contributed by atoms with Crippen molar-refractivity contribution in [2.75, 3.05) is 31.6 Å². The summed E-state index contributed by atoms with van der Waals surface area (Å²) in [5.41, 5.74) is 3.20. The third-order valence-corrected chi connectivity index (χ3v) is 4.80. The first-order valence-corrected chi connectivity index (χ1v) is 9.37. The van der Waals surface area contributed by atoms with E-state index in [0.29, 0.717) is 17.1 Å². The summed E-state index contributed by atoms with van der Waals surface area (Å²) < 4.78 is 5.41. The van der Waals surface area contributed by atoms with E-state index < -0.39 is 0 Å². The predicted molar refractivity (Wildman–Crippen MR) is 108 cm³/mol. The van der Waals surface area contributed by atoms with Crippen LogP contribution < -0.4 is 10.6 Å². The quantitative estimate of drug-likeness (QED) is 0.850. The number of carbonyl (C=O) groups is 1. The van der Waals surface area contributed by atoms with E-state index in [1.165, 1.54) is 0 Å². The number of morpholine rings is 1. The van der Waals surface area contributed by atoms with Gasteiger partial charge in [0.15, 0.2) is 0 Å². The van der Waals surface area contributed by atoms with Crippen molar-refractivity contribution in [2.45, 2.75) is 13.1 Å². The van der Waals surface area contributed by atoms with Crippen molar-refractivity contribution in [3.8, 4) is 0 Å². The Bertz CT molecular complexity index is 904. The second-order valence-electron chi connectivity index (χ2n) is 6.73. The molecular formula is C21H23N5O2. The molecule has 2 aromatic rings. The maximum Gasteiger partial charge on any atom is 0.276 e. The van der Waals surface area contributed by atoms with Crippen LogP contribution in [0.15, 0.2) is 54.9 Å². The third kappa shape index (κ3) is 4.11. The molecule has 0 radical (unpaired) electrons. The first-order chi connectivity index (χ1) is 13.7. The number of nitrogens with one attached hydrogen (secondary N) is 2. The summed E-state index contributed by atoms with van der Waals surface area (Å²) >= 11 is 0. The van der Waals surface area contributed by atoms with Gasteiger partial charge in [0.2, 0.25) is 0 Å². The summed E-state index contributed by atoms with van der Waals surface area (Å²) in [7, 11) is 0. The Morgan fingerprint density at radius 3 is 2.75 bits per heavy atom. The first-order valence-electron chi connectivity index (χ1n) is 9.37. The molecule has 1 aromatic carbocycles. The number of amides is 1. The normalized spacial score (nSPS) is 19.6. The van der Waals surface area contributed by atoms with E-state index >= 15 is 0 Å². The number of hydrogen-bond acceptors (Lipinski definition) is 6. The van der Waals surface area contributed by atoms with Crippen LogP contribution >= 0.6 is 0 Å². The molecule has 1 amide bonds. The van der Waals surface area contributed by atoms with Gasteiger partial charge in [-0.05, 0) is 25.1 Å². The zero-order valence-corrected chi connectivity index (χ0v) is 15.8. The number of rotatable bonds is 4. The highest BCUT2D eigenvalue weighted by Gasteiger charge is 2.21. The van der Waals surface area contributed by atoms with Gasteiger partial charge in [-0.2, -0.15) is 0 Å². The van der Waals surface area contributed by atoms with Crippen molar-refractivity contribution in [3.63, 3.8) is 0 Å². The number of aromatic nitrogens is 2. The van der Waals surface area contributed by atoms with E-state index in [9.17, 15) is 4.79 Å². The van der Waals surface area contributed by atoms with E-state index in [1.54, 1.807) is 13.1 Å². The fourth-order valence-corrected chi connectivity index (χ4v) is 3.23. The van der Waals surface area contributed by atoms with Crippen LogP contribution in [0.2, 0.25) is 0 Å². The van der Waals surface area contributed by atoms with Crippen LogP contribution in [0.1, 0.15) is 21.9 Å². The van der Waals surface area contributed by atoms with Crippen LogP contribution in [-0.2, 0) is 4.74 Å². The second-order valence-corrected chi connectivity index (χ2v) is 6.73. The molecule has 2 aliphatic rings. The molecule has 0 aliphatic carbocycles. The maximum atomic E-state index is 12.6. The first kappa shape index (κ1) is 18.3. The molecule has 0 spiro atoms. The van der Waals surface area contributed by atoms with Crippen molar-refractivity contribution in [1.29, 1.82) is 0 Å². The van der Waals surface area contributed by atoms with E-state index in [1.807, 2.05) is 42.6 Å². The van der Waals surface area contributed by atoms with Crippen molar-refractivity contribution in [2.24, 2.45) is 0 Å². The predicted octanol–water partition coefficient (Wildman–Crippen LogP) is 2.20. The standard InChI is InChI=1S/C21H23N5O2/c1-15-20(21(27)24-17-5-3-2-4-6-17)25-18(14-22-15)16-7-8-19(23-13-16)26-9-11-28-12-10-26/h2-8,13-14,19,23H,9-12H2,1H3,(H,24,27). The van der Waals surface area contributed by atoms with Gasteiger partial charge in [-0.25, -0.2) is 4.98 Å². The lowest BCUT2D eigenvalue weighted by Crippen LogP contribution is -2.48. The van der Waals surface area contributed by atoms with Crippen LogP contribution in [-0.4, -0.2) is 53.2 Å². The van der Waals surface area contributed by atoms with Crippen LogP contribution in [0.25, 0.3) is 5.57 Å². The monoisotopic (exact) mass is 377 g/mol. The number of aryl methyl sites for hydroxylation is 1. The summed E-state index contributed by atoms with van der Waals surface area (Å²) in [6.07, 6.45) is 7.90. The SMILES string of the molecule is Cc1ncc(C2=CNC(N3CCOCC3)C=C2)nc1C(=O)Nc1ccccc1. The summed E-state index contributed by atoms with van der Waals surface area (Å²) in [6, 6.07) is 9.33. The van der Waals surface area contributed by atoms with Gasteiger partial charge in [-0.15, -0.1) is 0 Å². The molecular weight excluding hydrogens is 354 g/mol. The third-order valence-electron chi connectivity index (χ3n) is 4.80. The average Bonchev–Trinajstić information content (AvgIpc) is 2.75. The number of carbonyl (C=O) groups excluding carboxylic acids is 1. The van der Waals surface area contributed by atoms with Gasteiger partial charge in [0.05, 0.1) is 37.0 Å². The zero-order valence-electron chi connectivity index (χ0n) is 15.8. The van der Waals surface area contributed by atoms with E-state index in [-0.39, 0.29) is 12.1 Å². The fraction of sp³-hybridized carbons (Fsp3) is 0.286. The van der Waals surface area contributed by atoms with Crippen LogP contribution in [0.3, 0.4) is 0 Å². The molecule has 2 N–H and O–H groups in total. The van der Waals surface area contributed by atoms with E-state index in [4.69, 9.17) is 4.74 Å². The van der Waals surface area contributed by atoms with Gasteiger partial charge >= 0.3 is 0 Å². The lowest BCUT2D eigenvalue weighted by atomic mass is 10.1. The number of nitrogens with zero attached hydrogens (tertiary/aromatic N) is 3. The Kier molecular flexibility index (Phi) is 5.45. The van der Waals surface area contributed by atoms with Crippen LogP contribution in [0, 0.1) is 6.92 Å². The largest absolute Gasteiger partial charge is 0.379 e. The molecule has 2 aliphatic heterocycles. The second kappa shape index (κ2) is 8.33. The topological polar surface area (TPSA) is 79.4 Å². The maximum absolute atomic E-state index is 12.6. The number of hydrogen-bond donors (Lipinski definition) is 2. The van der Waals surface area contributed by atoms with E-state index in [2.05, 4.69) is 31.6 Å². The fourth-order valence-electron chi connectivity index (χ4n) is 3.23. The van der Waals surface area contributed by atoms with Gasteiger partial charge in [-0.3, -0.25) is 14.7 Å². The Morgan fingerprint density at radius 1 is 1.25 bits per heavy atom. The lowest BCUT2D eigenvalue weighted by Gasteiger charge is -2.34. The highest BCUT2D eigenvalue weighted by Crippen LogP contribution is 2.19. The number of ether oxygens (including phenoxy) is 1. The molecule has 0 saturated carbocycles. The Hall–Kier alpha value is -3.03. The summed E-state index contributed by atoms with van der Waals surface area (Å²) in [5.74, 6) is -0.266. The lowest BCUT2D eigenvalue weighted by molar-refractivity contribution is 0.0218. The molecule has 1 aromatic heterocycles. The molecule has 144 valence electrons. The highest BCUT2D eigenvalue weighted by molar-refractivity contribution is 6.03. The van der Waals surface area contributed by atoms with Crippen molar-refractivity contribution in [3.05, 3.63) is 72.0 Å². The minimum atomic E-state index is -0.266. The molecule has 28 heavy (non-hydrogen) atoms. The molecule has 0 bridgehead atoms. The smallest absolute Gasteiger partial charge is 0.276 e. The average molecular weight is 377 g/mol. The van der Waals surface area contributed by atoms with Gasteiger partial charge in [0.1, 0.15) is 5.69 Å². The Labute approximate surface area is 164 Å². The molecule has 1 unspecified atom stereocenters. The molecule has 1 atom stereocenters. The Morgan fingerprint density at radius 2 is 2.04 bits per heavy atom. The van der Waals surface area contributed by atoms with Gasteiger partial charge in [-0.1, -0.05) is 24.3 Å². The van der Waals surface area contributed by atoms with Crippen LogP contribution in [0.4, 0.5) is 5.69 Å².